The van der Waals surface area contributed by atoms with E-state index in [0.717, 1.165) is 16.7 Å². The lowest BCUT2D eigenvalue weighted by Crippen LogP contribution is -2.52. The highest BCUT2D eigenvalue weighted by atomic mass is 35.5. The van der Waals surface area contributed by atoms with Gasteiger partial charge in [0.25, 0.3) is 5.69 Å². The SMILES string of the molecule is CC(C)NC(=O)[C@@H](Cc1ccccc1)N(Cc1ccc(Cl)cc1)C(=O)CSCc1ccc([N+](=O)[O-])cc1. The van der Waals surface area contributed by atoms with Gasteiger partial charge < -0.3 is 10.2 Å². The number of amides is 2. The molecule has 37 heavy (non-hydrogen) atoms. The number of nitro benzene ring substituents is 1. The standard InChI is InChI=1S/C28H30ClN3O4S/c1-20(2)30-28(34)26(16-21-6-4-3-5-7-21)31(17-22-8-12-24(29)13-9-22)27(33)19-37-18-23-10-14-25(15-11-23)32(35)36/h3-15,20,26H,16-19H2,1-2H3,(H,30,34)/t26-/m1/s1. The average molecular weight is 540 g/mol. The van der Waals surface area contributed by atoms with E-state index in [4.69, 9.17) is 11.6 Å². The number of carbonyl (C=O) groups excluding carboxylic acids is 2. The first-order chi connectivity index (χ1) is 17.7. The lowest BCUT2D eigenvalue weighted by molar-refractivity contribution is -0.384. The zero-order chi connectivity index (χ0) is 26.8. The van der Waals surface area contributed by atoms with Gasteiger partial charge in [0.05, 0.1) is 10.7 Å². The van der Waals surface area contributed by atoms with E-state index in [0.29, 0.717) is 17.2 Å². The van der Waals surface area contributed by atoms with Gasteiger partial charge in [-0.05, 0) is 42.7 Å². The fourth-order valence-electron chi connectivity index (χ4n) is 3.77. The maximum absolute atomic E-state index is 13.6. The van der Waals surface area contributed by atoms with Gasteiger partial charge in [-0.3, -0.25) is 19.7 Å². The first-order valence-corrected chi connectivity index (χ1v) is 13.5. The van der Waals surface area contributed by atoms with E-state index in [-0.39, 0.29) is 35.8 Å². The highest BCUT2D eigenvalue weighted by Crippen LogP contribution is 2.21. The third-order valence-electron chi connectivity index (χ3n) is 5.61. The first-order valence-electron chi connectivity index (χ1n) is 11.9. The van der Waals surface area contributed by atoms with E-state index < -0.39 is 11.0 Å². The number of thioether (sulfide) groups is 1. The number of hydrogen-bond acceptors (Lipinski definition) is 5. The molecule has 0 aliphatic heterocycles. The molecule has 0 unspecified atom stereocenters. The van der Waals surface area contributed by atoms with Crippen LogP contribution >= 0.6 is 23.4 Å². The van der Waals surface area contributed by atoms with Gasteiger partial charge >= 0.3 is 0 Å². The highest BCUT2D eigenvalue weighted by molar-refractivity contribution is 7.99. The Morgan fingerprint density at radius 2 is 1.57 bits per heavy atom. The van der Waals surface area contributed by atoms with Crippen molar-refractivity contribution in [3.63, 3.8) is 0 Å². The van der Waals surface area contributed by atoms with E-state index >= 15 is 0 Å². The average Bonchev–Trinajstić information content (AvgIpc) is 2.87. The van der Waals surface area contributed by atoms with E-state index in [2.05, 4.69) is 5.32 Å². The van der Waals surface area contributed by atoms with Gasteiger partial charge in [-0.2, -0.15) is 0 Å². The summed E-state index contributed by atoms with van der Waals surface area (Å²) in [5.41, 5.74) is 2.73. The number of hydrogen-bond donors (Lipinski definition) is 1. The van der Waals surface area contributed by atoms with Crippen LogP contribution in [0.3, 0.4) is 0 Å². The highest BCUT2D eigenvalue weighted by Gasteiger charge is 2.30. The van der Waals surface area contributed by atoms with Crippen molar-refractivity contribution in [2.24, 2.45) is 0 Å². The van der Waals surface area contributed by atoms with E-state index in [1.165, 1.54) is 23.9 Å². The lowest BCUT2D eigenvalue weighted by atomic mass is 10.0. The number of carbonyl (C=O) groups is 2. The van der Waals surface area contributed by atoms with Gasteiger partial charge in [-0.15, -0.1) is 11.8 Å². The molecule has 3 aromatic carbocycles. The van der Waals surface area contributed by atoms with Crippen molar-refractivity contribution >= 4 is 40.9 Å². The van der Waals surface area contributed by atoms with Crippen molar-refractivity contribution in [3.05, 3.63) is 111 Å². The molecule has 0 fully saturated rings. The summed E-state index contributed by atoms with van der Waals surface area (Å²) in [6.07, 6.45) is 0.381. The molecule has 0 spiro atoms. The van der Waals surface area contributed by atoms with Crippen molar-refractivity contribution < 1.29 is 14.5 Å². The maximum atomic E-state index is 13.6. The fraction of sp³-hybridized carbons (Fsp3) is 0.286. The van der Waals surface area contributed by atoms with Crippen molar-refractivity contribution in [1.29, 1.82) is 0 Å². The molecular formula is C28H30ClN3O4S. The molecule has 0 aromatic heterocycles. The van der Waals surface area contributed by atoms with E-state index in [9.17, 15) is 19.7 Å². The number of rotatable bonds is 12. The molecule has 0 radical (unpaired) electrons. The van der Waals surface area contributed by atoms with Gasteiger partial charge in [0.15, 0.2) is 0 Å². The zero-order valence-electron chi connectivity index (χ0n) is 20.8. The Balaban J connectivity index is 1.81. The van der Waals surface area contributed by atoms with Crippen LogP contribution in [0.2, 0.25) is 5.02 Å². The first kappa shape index (κ1) is 28.2. The van der Waals surface area contributed by atoms with Crippen LogP contribution < -0.4 is 5.32 Å². The Labute approximate surface area is 226 Å². The van der Waals surface area contributed by atoms with Crippen molar-refractivity contribution in [2.45, 2.75) is 44.6 Å². The molecule has 0 heterocycles. The predicted molar refractivity (Wildman–Crippen MR) is 148 cm³/mol. The van der Waals surface area contributed by atoms with Crippen molar-refractivity contribution in [1.82, 2.24) is 10.2 Å². The molecule has 1 N–H and O–H groups in total. The number of nitrogens with zero attached hydrogens (tertiary/aromatic N) is 2. The van der Waals surface area contributed by atoms with Crippen LogP contribution in [0.25, 0.3) is 0 Å². The summed E-state index contributed by atoms with van der Waals surface area (Å²) in [6.45, 7) is 4.04. The quantitative estimate of drug-likeness (QED) is 0.237. The second-order valence-electron chi connectivity index (χ2n) is 8.93. The molecule has 0 bridgehead atoms. The second-order valence-corrected chi connectivity index (χ2v) is 10.4. The lowest BCUT2D eigenvalue weighted by Gasteiger charge is -2.32. The molecule has 194 valence electrons. The molecule has 3 aromatic rings. The van der Waals surface area contributed by atoms with Crippen LogP contribution in [0.15, 0.2) is 78.9 Å². The Hall–Kier alpha value is -3.36. The normalized spacial score (nSPS) is 11.7. The molecule has 0 saturated carbocycles. The van der Waals surface area contributed by atoms with Gasteiger partial charge in [0.2, 0.25) is 11.8 Å². The third-order valence-corrected chi connectivity index (χ3v) is 6.85. The van der Waals surface area contributed by atoms with Crippen molar-refractivity contribution in [3.8, 4) is 0 Å². The summed E-state index contributed by atoms with van der Waals surface area (Å²) < 4.78 is 0. The zero-order valence-corrected chi connectivity index (χ0v) is 22.4. The smallest absolute Gasteiger partial charge is 0.269 e. The molecule has 0 aliphatic carbocycles. The van der Waals surface area contributed by atoms with Crippen LogP contribution in [0.4, 0.5) is 5.69 Å². The minimum absolute atomic E-state index is 0.0267. The minimum Gasteiger partial charge on any atom is -0.352 e. The third kappa shape index (κ3) is 8.91. The molecule has 3 rings (SSSR count). The fourth-order valence-corrected chi connectivity index (χ4v) is 4.77. The molecule has 2 amide bonds. The number of nitro groups is 1. The van der Waals surface area contributed by atoms with Gasteiger partial charge in [-0.1, -0.05) is 66.2 Å². The monoisotopic (exact) mass is 539 g/mol. The summed E-state index contributed by atoms with van der Waals surface area (Å²) in [4.78, 5) is 39.0. The molecule has 7 nitrogen and oxygen atoms in total. The summed E-state index contributed by atoms with van der Waals surface area (Å²) in [7, 11) is 0. The Morgan fingerprint density at radius 1 is 0.946 bits per heavy atom. The van der Waals surface area contributed by atoms with Crippen LogP contribution in [-0.2, 0) is 28.3 Å². The number of halogens is 1. The number of benzene rings is 3. The maximum Gasteiger partial charge on any atom is 0.269 e. The van der Waals surface area contributed by atoms with E-state index in [1.807, 2.05) is 56.3 Å². The molecule has 9 heteroatoms. The van der Waals surface area contributed by atoms with Crippen LogP contribution in [0, 0.1) is 10.1 Å². The van der Waals surface area contributed by atoms with Gasteiger partial charge in [0, 0.05) is 41.9 Å². The molecule has 1 atom stereocenters. The Morgan fingerprint density at radius 3 is 2.16 bits per heavy atom. The van der Waals surface area contributed by atoms with Gasteiger partial charge in [0.1, 0.15) is 6.04 Å². The van der Waals surface area contributed by atoms with Crippen molar-refractivity contribution in [2.75, 3.05) is 5.75 Å². The van der Waals surface area contributed by atoms with Crippen LogP contribution in [0.5, 0.6) is 0 Å². The number of non-ortho nitro benzene ring substituents is 1. The topological polar surface area (TPSA) is 92.6 Å². The summed E-state index contributed by atoms with van der Waals surface area (Å²) in [6, 6.07) is 22.4. The Bertz CT molecular complexity index is 1190. The van der Waals surface area contributed by atoms with Crippen LogP contribution in [0.1, 0.15) is 30.5 Å². The molecule has 0 saturated heterocycles. The van der Waals surface area contributed by atoms with Crippen LogP contribution in [-0.4, -0.2) is 39.5 Å². The Kier molecular flexibility index (Phi) is 10.5. The minimum atomic E-state index is -0.701. The summed E-state index contributed by atoms with van der Waals surface area (Å²) >= 11 is 7.46. The summed E-state index contributed by atoms with van der Waals surface area (Å²) in [5.74, 6) is 0.300. The largest absolute Gasteiger partial charge is 0.352 e. The summed E-state index contributed by atoms with van der Waals surface area (Å²) in [5, 5.41) is 14.5. The van der Waals surface area contributed by atoms with E-state index in [1.54, 1.807) is 29.2 Å². The van der Waals surface area contributed by atoms with Gasteiger partial charge in [-0.25, -0.2) is 0 Å². The number of nitrogens with one attached hydrogen (secondary N) is 1. The molecule has 0 aliphatic rings. The molecular weight excluding hydrogens is 510 g/mol. The predicted octanol–water partition coefficient (Wildman–Crippen LogP) is 5.65. The second kappa shape index (κ2) is 13.8.